The molecule has 2 aliphatic rings. The average Bonchev–Trinajstić information content (AvgIpc) is 2.77. The summed E-state index contributed by atoms with van der Waals surface area (Å²) in [5.41, 5.74) is 1.39. The number of aliphatic hydroxyl groups is 1. The summed E-state index contributed by atoms with van der Waals surface area (Å²) in [4.78, 5) is 12.5. The lowest BCUT2D eigenvalue weighted by molar-refractivity contribution is -0.135. The molecular formula is C18H25NO3. The van der Waals surface area contributed by atoms with Crippen LogP contribution in [-0.4, -0.2) is 29.8 Å². The highest BCUT2D eigenvalue weighted by Gasteiger charge is 2.31. The molecule has 1 heterocycles. The Hall–Kier alpha value is -1.39. The fourth-order valence-electron chi connectivity index (χ4n) is 3.52. The fraction of sp³-hybridized carbons (Fsp3) is 0.611. The third-order valence-electron chi connectivity index (χ3n) is 4.86. The summed E-state index contributed by atoms with van der Waals surface area (Å²) in [6, 6.07) is 7.94. The second-order valence-corrected chi connectivity index (χ2v) is 6.56. The fourth-order valence-corrected chi connectivity index (χ4v) is 3.52. The first kappa shape index (κ1) is 15.5. The van der Waals surface area contributed by atoms with Gasteiger partial charge in [-0.1, -0.05) is 49.9 Å². The van der Waals surface area contributed by atoms with Gasteiger partial charge in [0.25, 0.3) is 5.91 Å². The van der Waals surface area contributed by atoms with Crippen molar-refractivity contribution in [3.63, 3.8) is 0 Å². The van der Waals surface area contributed by atoms with Crippen LogP contribution in [0.15, 0.2) is 24.3 Å². The van der Waals surface area contributed by atoms with Crippen LogP contribution >= 0.6 is 0 Å². The molecule has 1 aliphatic heterocycles. The third kappa shape index (κ3) is 3.50. The molecule has 1 saturated carbocycles. The number of nitrogens with one attached hydrogen (secondary N) is 1. The molecule has 0 saturated heterocycles. The van der Waals surface area contributed by atoms with Crippen molar-refractivity contribution in [2.45, 2.75) is 56.7 Å². The highest BCUT2D eigenvalue weighted by atomic mass is 16.5. The van der Waals surface area contributed by atoms with E-state index in [9.17, 15) is 9.90 Å². The zero-order chi connectivity index (χ0) is 15.4. The summed E-state index contributed by atoms with van der Waals surface area (Å²) in [7, 11) is 0. The van der Waals surface area contributed by atoms with Crippen LogP contribution in [0.3, 0.4) is 0 Å². The van der Waals surface area contributed by atoms with E-state index in [0.29, 0.717) is 13.2 Å². The molecule has 1 aromatic carbocycles. The van der Waals surface area contributed by atoms with Gasteiger partial charge in [-0.15, -0.1) is 0 Å². The van der Waals surface area contributed by atoms with Crippen LogP contribution in [0, 0.1) is 0 Å². The first-order valence-electron chi connectivity index (χ1n) is 8.37. The molecule has 1 atom stereocenters. The molecule has 1 aromatic rings. The number of carbonyl (C=O) groups excluding carboxylic acids is 1. The van der Waals surface area contributed by atoms with Crippen LogP contribution < -0.4 is 5.32 Å². The van der Waals surface area contributed by atoms with Crippen molar-refractivity contribution in [2.75, 3.05) is 13.2 Å². The summed E-state index contributed by atoms with van der Waals surface area (Å²) in [6.07, 6.45) is 6.28. The second kappa shape index (κ2) is 6.80. The van der Waals surface area contributed by atoms with E-state index in [2.05, 4.69) is 11.4 Å². The number of hydrogen-bond acceptors (Lipinski definition) is 3. The van der Waals surface area contributed by atoms with Crippen LogP contribution in [0.4, 0.5) is 0 Å². The highest BCUT2D eigenvalue weighted by molar-refractivity contribution is 5.83. The minimum absolute atomic E-state index is 0.134. The van der Waals surface area contributed by atoms with E-state index in [0.717, 1.165) is 37.7 Å². The molecule has 0 spiro atoms. The molecule has 1 aliphatic carbocycles. The zero-order valence-corrected chi connectivity index (χ0v) is 13.0. The topological polar surface area (TPSA) is 58.6 Å². The molecule has 0 bridgehead atoms. The quantitative estimate of drug-likeness (QED) is 0.844. The highest BCUT2D eigenvalue weighted by Crippen LogP contribution is 2.29. The normalized spacial score (nSPS) is 24.1. The van der Waals surface area contributed by atoms with Gasteiger partial charge in [0.2, 0.25) is 0 Å². The number of fused-ring (bicyclic) bond motifs is 1. The number of benzene rings is 1. The van der Waals surface area contributed by atoms with E-state index in [-0.39, 0.29) is 5.91 Å². The Morgan fingerprint density at radius 2 is 1.95 bits per heavy atom. The lowest BCUT2D eigenvalue weighted by Gasteiger charge is -2.29. The van der Waals surface area contributed by atoms with Gasteiger partial charge >= 0.3 is 0 Å². The smallest absolute Gasteiger partial charge is 0.253 e. The maximum absolute atomic E-state index is 12.5. The third-order valence-corrected chi connectivity index (χ3v) is 4.86. The molecule has 1 unspecified atom stereocenters. The molecule has 3 rings (SSSR count). The van der Waals surface area contributed by atoms with E-state index >= 15 is 0 Å². The Kier molecular flexibility index (Phi) is 4.79. The van der Waals surface area contributed by atoms with Crippen molar-refractivity contribution in [1.29, 1.82) is 0 Å². The van der Waals surface area contributed by atoms with Crippen molar-refractivity contribution in [3.05, 3.63) is 35.4 Å². The Labute approximate surface area is 131 Å². The molecule has 0 radical (unpaired) electrons. The van der Waals surface area contributed by atoms with E-state index in [1.807, 2.05) is 18.2 Å². The van der Waals surface area contributed by atoms with Gasteiger partial charge in [0, 0.05) is 6.54 Å². The Morgan fingerprint density at radius 3 is 2.73 bits per heavy atom. The maximum atomic E-state index is 12.5. The molecule has 1 amide bonds. The SMILES string of the molecule is O=C(NCC1(O)CCCCCC1)C1OCCc2ccccc21. The number of rotatable bonds is 3. The van der Waals surface area contributed by atoms with Gasteiger partial charge in [0.15, 0.2) is 6.10 Å². The Bertz CT molecular complexity index is 521. The predicted molar refractivity (Wildman–Crippen MR) is 84.5 cm³/mol. The summed E-state index contributed by atoms with van der Waals surface area (Å²) < 4.78 is 5.67. The lowest BCUT2D eigenvalue weighted by atomic mass is 9.93. The maximum Gasteiger partial charge on any atom is 0.253 e. The van der Waals surface area contributed by atoms with Crippen molar-refractivity contribution in [3.8, 4) is 0 Å². The van der Waals surface area contributed by atoms with Gasteiger partial charge in [-0.3, -0.25) is 4.79 Å². The summed E-state index contributed by atoms with van der Waals surface area (Å²) in [6.45, 7) is 0.896. The minimum atomic E-state index is -0.750. The van der Waals surface area contributed by atoms with Gasteiger partial charge in [-0.05, 0) is 30.4 Å². The minimum Gasteiger partial charge on any atom is -0.388 e. The second-order valence-electron chi connectivity index (χ2n) is 6.56. The van der Waals surface area contributed by atoms with Crippen molar-refractivity contribution in [1.82, 2.24) is 5.32 Å². The van der Waals surface area contributed by atoms with Gasteiger partial charge in [0.05, 0.1) is 12.2 Å². The van der Waals surface area contributed by atoms with Crippen LogP contribution in [0.5, 0.6) is 0 Å². The Balaban J connectivity index is 1.63. The Morgan fingerprint density at radius 1 is 1.23 bits per heavy atom. The van der Waals surface area contributed by atoms with E-state index in [1.165, 1.54) is 18.4 Å². The molecular weight excluding hydrogens is 278 g/mol. The summed E-state index contributed by atoms with van der Waals surface area (Å²) >= 11 is 0. The van der Waals surface area contributed by atoms with E-state index in [1.54, 1.807) is 0 Å². The monoisotopic (exact) mass is 303 g/mol. The summed E-state index contributed by atoms with van der Waals surface area (Å²) in [5.74, 6) is -0.134. The molecule has 4 nitrogen and oxygen atoms in total. The van der Waals surface area contributed by atoms with Gasteiger partial charge < -0.3 is 15.2 Å². The van der Waals surface area contributed by atoms with Crippen LogP contribution in [0.1, 0.15) is 55.8 Å². The van der Waals surface area contributed by atoms with Crippen LogP contribution in [-0.2, 0) is 16.0 Å². The largest absolute Gasteiger partial charge is 0.388 e. The molecule has 120 valence electrons. The average molecular weight is 303 g/mol. The van der Waals surface area contributed by atoms with Crippen LogP contribution in [0.25, 0.3) is 0 Å². The van der Waals surface area contributed by atoms with Gasteiger partial charge in [-0.2, -0.15) is 0 Å². The number of carbonyl (C=O) groups is 1. The first-order valence-corrected chi connectivity index (χ1v) is 8.37. The van der Waals surface area contributed by atoms with Gasteiger partial charge in [-0.25, -0.2) is 0 Å². The van der Waals surface area contributed by atoms with E-state index in [4.69, 9.17) is 4.74 Å². The molecule has 4 heteroatoms. The summed E-state index contributed by atoms with van der Waals surface area (Å²) in [5, 5.41) is 13.6. The first-order chi connectivity index (χ1) is 10.7. The molecule has 2 N–H and O–H groups in total. The number of ether oxygens (including phenoxy) is 1. The standard InChI is InChI=1S/C18H25NO3/c20-17(19-13-18(21)10-5-1-2-6-11-18)16-15-8-4-3-7-14(15)9-12-22-16/h3-4,7-8,16,21H,1-2,5-6,9-13H2,(H,19,20). The van der Waals surface area contributed by atoms with Crippen molar-refractivity contribution < 1.29 is 14.6 Å². The predicted octanol–water partition coefficient (Wildman–Crippen LogP) is 2.50. The molecule has 22 heavy (non-hydrogen) atoms. The molecule has 1 fully saturated rings. The van der Waals surface area contributed by atoms with Crippen molar-refractivity contribution >= 4 is 5.91 Å². The molecule has 0 aromatic heterocycles. The van der Waals surface area contributed by atoms with E-state index < -0.39 is 11.7 Å². The van der Waals surface area contributed by atoms with Gasteiger partial charge in [0.1, 0.15) is 0 Å². The number of hydrogen-bond donors (Lipinski definition) is 2. The lowest BCUT2D eigenvalue weighted by Crippen LogP contribution is -2.45. The number of amides is 1. The van der Waals surface area contributed by atoms with Crippen LogP contribution in [0.2, 0.25) is 0 Å². The van der Waals surface area contributed by atoms with Crippen molar-refractivity contribution in [2.24, 2.45) is 0 Å². The zero-order valence-electron chi connectivity index (χ0n) is 13.0.